The third-order valence-corrected chi connectivity index (χ3v) is 3.14. The van der Waals surface area contributed by atoms with Gasteiger partial charge in [0.1, 0.15) is 5.57 Å². The van der Waals surface area contributed by atoms with E-state index in [0.29, 0.717) is 0 Å². The van der Waals surface area contributed by atoms with Gasteiger partial charge in [-0.05, 0) is 23.8 Å². The normalized spacial score (nSPS) is 17.0. The summed E-state index contributed by atoms with van der Waals surface area (Å²) in [5.41, 5.74) is -0.0423. The van der Waals surface area contributed by atoms with E-state index in [-0.39, 0.29) is 27.7 Å². The number of phenolic OH excluding ortho intramolecular Hbond substituents is 1. The number of benzene rings is 1. The molecule has 1 aromatic rings. The van der Waals surface area contributed by atoms with Gasteiger partial charge in [0, 0.05) is 13.8 Å². The second kappa shape index (κ2) is 5.29. The van der Waals surface area contributed by atoms with Gasteiger partial charge in [0.2, 0.25) is 0 Å². The van der Waals surface area contributed by atoms with E-state index in [1.165, 1.54) is 39.2 Å². The molecule has 0 spiro atoms. The average molecular weight is 313 g/mol. The van der Waals surface area contributed by atoms with Gasteiger partial charge in [0.15, 0.2) is 11.5 Å². The van der Waals surface area contributed by atoms with Crippen molar-refractivity contribution in [2.24, 2.45) is 0 Å². The van der Waals surface area contributed by atoms with Crippen LogP contribution in [0.15, 0.2) is 17.7 Å². The highest BCUT2D eigenvalue weighted by Crippen LogP contribution is 2.37. The van der Waals surface area contributed by atoms with Crippen LogP contribution in [-0.2, 0) is 19.1 Å². The lowest BCUT2D eigenvalue weighted by Gasteiger charge is -2.29. The van der Waals surface area contributed by atoms with Crippen LogP contribution in [0.3, 0.4) is 0 Å². The van der Waals surface area contributed by atoms with Gasteiger partial charge < -0.3 is 19.3 Å². The van der Waals surface area contributed by atoms with Gasteiger partial charge in [0.25, 0.3) is 5.79 Å². The number of hydrogen-bond acceptors (Lipinski definition) is 6. The van der Waals surface area contributed by atoms with Crippen LogP contribution in [0.1, 0.15) is 19.4 Å². The number of carbonyl (C=O) groups is 2. The molecule has 21 heavy (non-hydrogen) atoms. The van der Waals surface area contributed by atoms with Gasteiger partial charge in [-0.2, -0.15) is 0 Å². The molecule has 2 rings (SSSR count). The van der Waals surface area contributed by atoms with E-state index in [0.717, 1.165) is 0 Å². The first-order valence-corrected chi connectivity index (χ1v) is 6.37. The van der Waals surface area contributed by atoms with Crippen LogP contribution in [0.5, 0.6) is 11.5 Å². The highest BCUT2D eigenvalue weighted by Gasteiger charge is 2.39. The number of methoxy groups -OCH3 is 1. The number of cyclic esters (lactones) is 2. The molecule has 1 fully saturated rings. The van der Waals surface area contributed by atoms with Crippen LogP contribution < -0.4 is 4.74 Å². The van der Waals surface area contributed by atoms with Crippen LogP contribution in [0.4, 0.5) is 0 Å². The highest BCUT2D eigenvalue weighted by molar-refractivity contribution is 6.34. The number of phenols is 1. The van der Waals surface area contributed by atoms with Gasteiger partial charge in [-0.1, -0.05) is 11.6 Å². The van der Waals surface area contributed by atoms with E-state index < -0.39 is 17.7 Å². The van der Waals surface area contributed by atoms with E-state index in [9.17, 15) is 14.7 Å². The van der Waals surface area contributed by atoms with Crippen LogP contribution in [0.25, 0.3) is 6.08 Å². The molecule has 0 saturated carbocycles. The van der Waals surface area contributed by atoms with Crippen molar-refractivity contribution in [1.29, 1.82) is 0 Å². The molecule has 0 amide bonds. The van der Waals surface area contributed by atoms with Crippen LogP contribution >= 0.6 is 11.6 Å². The predicted octanol–water partition coefficient (Wildman–Crippen LogP) is 2.27. The van der Waals surface area contributed by atoms with Crippen molar-refractivity contribution in [3.05, 3.63) is 28.3 Å². The van der Waals surface area contributed by atoms with Crippen LogP contribution in [0, 0.1) is 0 Å². The summed E-state index contributed by atoms with van der Waals surface area (Å²) >= 11 is 5.97. The maximum atomic E-state index is 11.8. The van der Waals surface area contributed by atoms with Crippen molar-refractivity contribution in [1.82, 2.24) is 0 Å². The molecule has 1 N–H and O–H groups in total. The minimum absolute atomic E-state index is 0.0488. The van der Waals surface area contributed by atoms with Gasteiger partial charge in [-0.25, -0.2) is 9.59 Å². The Morgan fingerprint density at radius 3 is 2.33 bits per heavy atom. The summed E-state index contributed by atoms with van der Waals surface area (Å²) in [5.74, 6) is -3.05. The second-order valence-corrected chi connectivity index (χ2v) is 5.13. The summed E-state index contributed by atoms with van der Waals surface area (Å²) in [7, 11) is 1.38. The first kappa shape index (κ1) is 15.2. The number of carbonyl (C=O) groups excluding carboxylic acids is 2. The summed E-state index contributed by atoms with van der Waals surface area (Å²) < 4.78 is 14.8. The van der Waals surface area contributed by atoms with Gasteiger partial charge >= 0.3 is 11.9 Å². The molecule has 0 atom stereocenters. The van der Waals surface area contributed by atoms with E-state index in [1.807, 2.05) is 0 Å². The molecule has 1 aliphatic heterocycles. The lowest BCUT2D eigenvalue weighted by atomic mass is 10.1. The van der Waals surface area contributed by atoms with Gasteiger partial charge in [-0.3, -0.25) is 0 Å². The smallest absolute Gasteiger partial charge is 0.348 e. The topological polar surface area (TPSA) is 82.1 Å². The summed E-state index contributed by atoms with van der Waals surface area (Å²) in [6, 6.07) is 2.95. The first-order valence-electron chi connectivity index (χ1n) is 5.99. The fourth-order valence-electron chi connectivity index (χ4n) is 1.77. The third kappa shape index (κ3) is 2.95. The number of ether oxygens (including phenoxy) is 3. The zero-order valence-electron chi connectivity index (χ0n) is 11.6. The number of hydrogen-bond donors (Lipinski definition) is 1. The van der Waals surface area contributed by atoms with Crippen molar-refractivity contribution in [2.75, 3.05) is 7.11 Å². The molecule has 112 valence electrons. The standard InChI is InChI=1S/C14H13ClO6/c1-14(2)20-12(17)8(13(18)21-14)6-7-4-5-9(19-3)11(16)10(7)15/h4-6,16H,1-3H3. The van der Waals surface area contributed by atoms with Crippen molar-refractivity contribution in [2.45, 2.75) is 19.6 Å². The Hall–Kier alpha value is -2.21. The van der Waals surface area contributed by atoms with Crippen LogP contribution in [0.2, 0.25) is 5.02 Å². The molecule has 0 bridgehead atoms. The Morgan fingerprint density at radius 2 is 1.81 bits per heavy atom. The number of halogens is 1. The molecule has 0 unspecified atom stereocenters. The SMILES string of the molecule is COc1ccc(C=C2C(=O)OC(C)(C)OC2=O)c(Cl)c1O. The lowest BCUT2D eigenvalue weighted by molar-refractivity contribution is -0.222. The molecular formula is C14H13ClO6. The first-order chi connectivity index (χ1) is 9.75. The molecule has 6 nitrogen and oxygen atoms in total. The molecule has 1 heterocycles. The summed E-state index contributed by atoms with van der Waals surface area (Å²) in [6.45, 7) is 2.90. The molecule has 1 aromatic carbocycles. The van der Waals surface area contributed by atoms with E-state index in [2.05, 4.69) is 0 Å². The van der Waals surface area contributed by atoms with Crippen molar-refractivity contribution in [3.63, 3.8) is 0 Å². The lowest BCUT2D eigenvalue weighted by Crippen LogP contribution is -2.41. The Balaban J connectivity index is 2.43. The monoisotopic (exact) mass is 312 g/mol. The van der Waals surface area contributed by atoms with Crippen molar-refractivity contribution in [3.8, 4) is 11.5 Å². The quantitative estimate of drug-likeness (QED) is 0.512. The van der Waals surface area contributed by atoms with Gasteiger partial charge in [0.05, 0.1) is 12.1 Å². The van der Waals surface area contributed by atoms with E-state index in [1.54, 1.807) is 0 Å². The zero-order valence-corrected chi connectivity index (χ0v) is 12.4. The zero-order chi connectivity index (χ0) is 15.8. The molecule has 1 aliphatic rings. The van der Waals surface area contributed by atoms with E-state index in [4.69, 9.17) is 25.8 Å². The highest BCUT2D eigenvalue weighted by atomic mass is 35.5. The Labute approximate surface area is 125 Å². The molecule has 0 aliphatic carbocycles. The van der Waals surface area contributed by atoms with Crippen LogP contribution in [-0.4, -0.2) is 29.9 Å². The molecule has 1 saturated heterocycles. The summed E-state index contributed by atoms with van der Waals surface area (Å²) in [6.07, 6.45) is 1.20. The predicted molar refractivity (Wildman–Crippen MR) is 73.9 cm³/mol. The second-order valence-electron chi connectivity index (χ2n) is 4.76. The fraction of sp³-hybridized carbons (Fsp3) is 0.286. The van der Waals surface area contributed by atoms with Gasteiger partial charge in [-0.15, -0.1) is 0 Å². The summed E-state index contributed by atoms with van der Waals surface area (Å²) in [4.78, 5) is 23.6. The molecular weight excluding hydrogens is 300 g/mol. The number of rotatable bonds is 2. The maximum absolute atomic E-state index is 11.8. The van der Waals surface area contributed by atoms with E-state index >= 15 is 0 Å². The Kier molecular flexibility index (Phi) is 3.82. The van der Waals surface area contributed by atoms with Crippen molar-refractivity contribution < 1.29 is 28.9 Å². The average Bonchev–Trinajstić information content (AvgIpc) is 2.37. The third-order valence-electron chi connectivity index (χ3n) is 2.75. The fourth-order valence-corrected chi connectivity index (χ4v) is 1.98. The van der Waals surface area contributed by atoms with Crippen molar-refractivity contribution >= 4 is 29.6 Å². The molecule has 0 aromatic heterocycles. The summed E-state index contributed by atoms with van der Waals surface area (Å²) in [5, 5.41) is 9.76. The molecule has 7 heteroatoms. The minimum Gasteiger partial charge on any atom is -0.503 e. The Morgan fingerprint density at radius 1 is 1.24 bits per heavy atom. The number of aromatic hydroxyl groups is 1. The number of esters is 2. The minimum atomic E-state index is -1.31. The maximum Gasteiger partial charge on any atom is 0.348 e. The Bertz CT molecular complexity index is 625. The largest absolute Gasteiger partial charge is 0.503 e. The molecule has 0 radical (unpaired) electrons.